The fraction of sp³-hybridized carbons (Fsp3) is 0.355. The van der Waals surface area contributed by atoms with Gasteiger partial charge in [-0.2, -0.15) is 4.99 Å². The lowest BCUT2D eigenvalue weighted by molar-refractivity contribution is -0.127. The summed E-state index contributed by atoms with van der Waals surface area (Å²) in [7, 11) is 12.1. The van der Waals surface area contributed by atoms with Crippen molar-refractivity contribution < 1.29 is 9.53 Å². The second-order valence-electron chi connectivity index (χ2n) is 11.4. The van der Waals surface area contributed by atoms with E-state index in [2.05, 4.69) is 75.8 Å². The van der Waals surface area contributed by atoms with Crippen molar-refractivity contribution in [2.45, 2.75) is 26.4 Å². The predicted molar refractivity (Wildman–Crippen MR) is 158 cm³/mol. The molecule has 1 N–H and O–H groups in total. The first-order chi connectivity index (χ1) is 17.8. The molecule has 0 unspecified atom stereocenters. The van der Waals surface area contributed by atoms with Crippen LogP contribution in [0.1, 0.15) is 37.5 Å². The molecular formula is C31H39N5O2. The molecule has 200 valence electrons. The Kier molecular flexibility index (Phi) is 7.15. The minimum absolute atomic E-state index is 0.164. The second-order valence-corrected chi connectivity index (χ2v) is 11.4. The van der Waals surface area contributed by atoms with Crippen molar-refractivity contribution in [3.63, 3.8) is 0 Å². The van der Waals surface area contributed by atoms with E-state index in [4.69, 9.17) is 9.73 Å². The van der Waals surface area contributed by atoms with Crippen LogP contribution < -0.4 is 20.0 Å². The highest BCUT2D eigenvalue weighted by Crippen LogP contribution is 2.48. The molecule has 4 rings (SSSR count). The van der Waals surface area contributed by atoms with E-state index >= 15 is 0 Å². The van der Waals surface area contributed by atoms with E-state index in [1.807, 2.05) is 74.0 Å². The van der Waals surface area contributed by atoms with Crippen molar-refractivity contribution in [3.05, 3.63) is 83.4 Å². The molecule has 3 aromatic carbocycles. The van der Waals surface area contributed by atoms with E-state index in [0.717, 1.165) is 39.4 Å². The van der Waals surface area contributed by atoms with Crippen LogP contribution in [-0.2, 0) is 15.1 Å². The molecule has 0 aromatic heterocycles. The fourth-order valence-electron chi connectivity index (χ4n) is 4.44. The van der Waals surface area contributed by atoms with Crippen LogP contribution in [0.15, 0.2) is 71.7 Å². The number of amidine groups is 1. The van der Waals surface area contributed by atoms with Gasteiger partial charge in [0.1, 0.15) is 0 Å². The molecule has 0 spiro atoms. The van der Waals surface area contributed by atoms with Crippen LogP contribution in [0.5, 0.6) is 0 Å². The maximum absolute atomic E-state index is 13.1. The normalized spacial score (nSPS) is 14.1. The lowest BCUT2D eigenvalue weighted by Crippen LogP contribution is -2.46. The fourth-order valence-corrected chi connectivity index (χ4v) is 4.44. The zero-order chi connectivity index (χ0) is 27.8. The Hall–Kier alpha value is -4.00. The topological polar surface area (TPSA) is 60.4 Å². The molecule has 1 amide bonds. The third-order valence-electron chi connectivity index (χ3n) is 6.83. The Labute approximate surface area is 226 Å². The van der Waals surface area contributed by atoms with Crippen LogP contribution in [0.3, 0.4) is 0 Å². The van der Waals surface area contributed by atoms with Gasteiger partial charge in [0.25, 0.3) is 6.02 Å². The third-order valence-corrected chi connectivity index (χ3v) is 6.83. The molecule has 0 fully saturated rings. The summed E-state index contributed by atoms with van der Waals surface area (Å²) in [5.41, 5.74) is 5.08. The highest BCUT2D eigenvalue weighted by Gasteiger charge is 2.45. The van der Waals surface area contributed by atoms with Crippen LogP contribution in [0.4, 0.5) is 22.7 Å². The Morgan fingerprint density at radius 1 is 0.737 bits per heavy atom. The molecule has 0 saturated carbocycles. The number of amides is 1. The average Bonchev–Trinajstić information content (AvgIpc) is 2.87. The Bertz CT molecular complexity index is 1280. The van der Waals surface area contributed by atoms with E-state index in [1.54, 1.807) is 0 Å². The zero-order valence-corrected chi connectivity index (χ0v) is 24.0. The molecule has 7 heteroatoms. The number of nitrogens with one attached hydrogen (secondary N) is 1. The van der Waals surface area contributed by atoms with Gasteiger partial charge in [0.2, 0.25) is 5.91 Å². The van der Waals surface area contributed by atoms with Crippen molar-refractivity contribution in [2.24, 2.45) is 10.4 Å². The van der Waals surface area contributed by atoms with E-state index in [0.29, 0.717) is 0 Å². The number of ether oxygens (including phenoxy) is 1. The van der Waals surface area contributed by atoms with Gasteiger partial charge < -0.3 is 19.4 Å². The summed E-state index contributed by atoms with van der Waals surface area (Å²) in [6.45, 7) is 5.62. The Morgan fingerprint density at radius 2 is 1.18 bits per heavy atom. The monoisotopic (exact) mass is 513 g/mol. The summed E-state index contributed by atoms with van der Waals surface area (Å²) < 4.78 is 6.82. The standard InChI is InChI=1S/C31H39N5O2/c1-30(2,3)28(37)33-29-32-27-20-25(36(8)9)18-19-26(27)31(38-29,21-10-14-23(15-11-21)34(4)5)22-12-16-24(17-13-22)35(6)7/h10-20H,1-9H3,(H,32,33,37). The van der Waals surface area contributed by atoms with Crippen LogP contribution in [-0.4, -0.2) is 54.2 Å². The summed E-state index contributed by atoms with van der Waals surface area (Å²) in [4.78, 5) is 24.0. The van der Waals surface area contributed by atoms with Crippen LogP contribution in [0.25, 0.3) is 0 Å². The highest BCUT2D eigenvalue weighted by molar-refractivity contribution is 5.99. The first kappa shape index (κ1) is 27.0. The molecule has 1 aliphatic rings. The number of hydrogen-bond acceptors (Lipinski definition) is 6. The average molecular weight is 514 g/mol. The van der Waals surface area contributed by atoms with E-state index in [9.17, 15) is 4.79 Å². The predicted octanol–water partition coefficient (Wildman–Crippen LogP) is 5.36. The summed E-state index contributed by atoms with van der Waals surface area (Å²) in [6, 6.07) is 23.1. The number of anilines is 3. The largest absolute Gasteiger partial charge is 0.443 e. The molecule has 0 radical (unpaired) electrons. The van der Waals surface area contributed by atoms with Crippen LogP contribution >= 0.6 is 0 Å². The number of rotatable bonds is 5. The number of aliphatic imine (C=N–C) groups is 1. The number of carbonyl (C=O) groups is 1. The number of benzene rings is 3. The van der Waals surface area contributed by atoms with Crippen molar-refractivity contribution in [2.75, 3.05) is 57.0 Å². The van der Waals surface area contributed by atoms with Gasteiger partial charge in [-0.3, -0.25) is 10.1 Å². The molecule has 0 bridgehead atoms. The molecule has 1 heterocycles. The smallest absolute Gasteiger partial charge is 0.298 e. The summed E-state index contributed by atoms with van der Waals surface area (Å²) >= 11 is 0. The van der Waals surface area contributed by atoms with Gasteiger partial charge in [-0.1, -0.05) is 51.1 Å². The maximum atomic E-state index is 13.1. The minimum atomic E-state index is -1.03. The van der Waals surface area contributed by atoms with Gasteiger partial charge >= 0.3 is 0 Å². The second kappa shape index (κ2) is 10.0. The Morgan fingerprint density at radius 3 is 1.61 bits per heavy atom. The van der Waals surface area contributed by atoms with Gasteiger partial charge in [-0.25, -0.2) is 0 Å². The quantitative estimate of drug-likeness (QED) is 0.498. The lowest BCUT2D eigenvalue weighted by Gasteiger charge is -2.40. The minimum Gasteiger partial charge on any atom is -0.443 e. The number of carbonyl (C=O) groups excluding carboxylic acids is 1. The number of fused-ring (bicyclic) bond motifs is 1. The third kappa shape index (κ3) is 5.05. The zero-order valence-electron chi connectivity index (χ0n) is 24.0. The first-order valence-electron chi connectivity index (χ1n) is 12.8. The van der Waals surface area contributed by atoms with Crippen LogP contribution in [0, 0.1) is 5.41 Å². The van der Waals surface area contributed by atoms with E-state index < -0.39 is 11.0 Å². The molecule has 1 aliphatic heterocycles. The summed E-state index contributed by atoms with van der Waals surface area (Å²) in [6.07, 6.45) is 0. The van der Waals surface area contributed by atoms with Crippen LogP contribution in [0.2, 0.25) is 0 Å². The number of hydrogen-bond donors (Lipinski definition) is 1. The van der Waals surface area contributed by atoms with E-state index in [-0.39, 0.29) is 11.9 Å². The SMILES string of the molecule is CN(C)c1ccc(C2(c3ccc(N(C)C)cc3)OC(NC(=O)C(C)(C)C)=Nc3cc(N(C)C)ccc32)cc1. The van der Waals surface area contributed by atoms with Crippen molar-refractivity contribution in [3.8, 4) is 0 Å². The maximum Gasteiger partial charge on any atom is 0.298 e. The van der Waals surface area contributed by atoms with Gasteiger partial charge in [-0.15, -0.1) is 0 Å². The molecule has 7 nitrogen and oxygen atoms in total. The number of nitrogens with zero attached hydrogens (tertiary/aromatic N) is 4. The molecule has 3 aromatic rings. The van der Waals surface area contributed by atoms with Gasteiger partial charge in [0, 0.05) is 81.5 Å². The Balaban J connectivity index is 1.99. The molecule has 0 aliphatic carbocycles. The van der Waals surface area contributed by atoms with Crippen molar-refractivity contribution >= 4 is 34.7 Å². The lowest BCUT2D eigenvalue weighted by atomic mass is 9.78. The van der Waals surface area contributed by atoms with E-state index in [1.165, 1.54) is 0 Å². The summed E-state index contributed by atoms with van der Waals surface area (Å²) in [5.74, 6) is -0.164. The van der Waals surface area contributed by atoms with Crippen molar-refractivity contribution in [1.82, 2.24) is 5.32 Å². The first-order valence-corrected chi connectivity index (χ1v) is 12.8. The molecular weight excluding hydrogens is 474 g/mol. The van der Waals surface area contributed by atoms with Gasteiger partial charge in [0.05, 0.1) is 5.69 Å². The highest BCUT2D eigenvalue weighted by atomic mass is 16.5. The molecule has 38 heavy (non-hydrogen) atoms. The van der Waals surface area contributed by atoms with Gasteiger partial charge in [0.15, 0.2) is 5.60 Å². The molecule has 0 saturated heterocycles. The van der Waals surface area contributed by atoms with Crippen molar-refractivity contribution in [1.29, 1.82) is 0 Å². The summed E-state index contributed by atoms with van der Waals surface area (Å²) in [5, 5.41) is 2.96. The molecule has 0 atom stereocenters. The van der Waals surface area contributed by atoms with Gasteiger partial charge in [-0.05, 0) is 36.4 Å².